The zero-order chi connectivity index (χ0) is 11.7. The van der Waals surface area contributed by atoms with E-state index < -0.39 is 0 Å². The normalized spacial score (nSPS) is 22.2. The monoisotopic (exact) mass is 230 g/mol. The number of likely N-dealkylation sites (tertiary alicyclic amines) is 1. The van der Waals surface area contributed by atoms with Gasteiger partial charge in [0.15, 0.2) is 0 Å². The molecular formula is C15H22N2. The second kappa shape index (κ2) is 4.43. The lowest BCUT2D eigenvalue weighted by atomic mass is 9.63. The van der Waals surface area contributed by atoms with E-state index >= 15 is 0 Å². The van der Waals surface area contributed by atoms with Crippen LogP contribution in [-0.4, -0.2) is 24.5 Å². The van der Waals surface area contributed by atoms with Gasteiger partial charge in [0.1, 0.15) is 0 Å². The van der Waals surface area contributed by atoms with E-state index in [2.05, 4.69) is 29.2 Å². The van der Waals surface area contributed by atoms with E-state index in [0.717, 1.165) is 24.9 Å². The quantitative estimate of drug-likeness (QED) is 0.859. The number of hydrogen-bond acceptors (Lipinski definition) is 2. The third-order valence-corrected chi connectivity index (χ3v) is 4.39. The molecule has 2 aliphatic rings. The molecule has 1 aliphatic heterocycles. The van der Waals surface area contributed by atoms with Crippen LogP contribution >= 0.6 is 0 Å². The molecule has 1 spiro atoms. The van der Waals surface area contributed by atoms with Gasteiger partial charge in [-0.25, -0.2) is 0 Å². The van der Waals surface area contributed by atoms with Crippen LogP contribution in [0.4, 0.5) is 0 Å². The van der Waals surface area contributed by atoms with Crippen LogP contribution in [-0.2, 0) is 13.0 Å². The van der Waals surface area contributed by atoms with Gasteiger partial charge in [-0.1, -0.05) is 30.7 Å². The lowest BCUT2D eigenvalue weighted by molar-refractivity contribution is -0.0645. The van der Waals surface area contributed by atoms with Crippen molar-refractivity contribution in [3.8, 4) is 0 Å². The average molecular weight is 230 g/mol. The summed E-state index contributed by atoms with van der Waals surface area (Å²) in [7, 11) is 0. The van der Waals surface area contributed by atoms with Gasteiger partial charge in [-0.05, 0) is 42.3 Å². The minimum atomic E-state index is 0.744. The standard InChI is InChI=1S/C15H22N2/c16-9-6-13-2-4-14(5-3-13)10-17-11-15(12-17)7-1-8-15/h2-5H,1,6-12,16H2. The molecule has 1 aliphatic carbocycles. The third kappa shape index (κ3) is 2.24. The van der Waals surface area contributed by atoms with Gasteiger partial charge >= 0.3 is 0 Å². The molecule has 0 bridgehead atoms. The molecule has 0 aromatic heterocycles. The van der Waals surface area contributed by atoms with E-state index in [0.29, 0.717) is 0 Å². The molecule has 2 heteroatoms. The maximum Gasteiger partial charge on any atom is 0.0234 e. The Morgan fingerprint density at radius 1 is 1.06 bits per heavy atom. The summed E-state index contributed by atoms with van der Waals surface area (Å²) in [6.07, 6.45) is 5.40. The van der Waals surface area contributed by atoms with Gasteiger partial charge in [0.05, 0.1) is 0 Å². The van der Waals surface area contributed by atoms with Crippen LogP contribution in [0.25, 0.3) is 0 Å². The molecule has 0 atom stereocenters. The molecule has 1 heterocycles. The number of nitrogens with zero attached hydrogens (tertiary/aromatic N) is 1. The predicted molar refractivity (Wildman–Crippen MR) is 70.8 cm³/mol. The molecule has 1 saturated heterocycles. The van der Waals surface area contributed by atoms with Crippen molar-refractivity contribution in [3.05, 3.63) is 35.4 Å². The smallest absolute Gasteiger partial charge is 0.0234 e. The number of nitrogens with two attached hydrogens (primary N) is 1. The fraction of sp³-hybridized carbons (Fsp3) is 0.600. The summed E-state index contributed by atoms with van der Waals surface area (Å²) in [6, 6.07) is 8.97. The van der Waals surface area contributed by atoms with Gasteiger partial charge in [0.2, 0.25) is 0 Å². The van der Waals surface area contributed by atoms with Crippen molar-refractivity contribution < 1.29 is 0 Å². The van der Waals surface area contributed by atoms with Gasteiger partial charge in [-0.3, -0.25) is 4.90 Å². The SMILES string of the molecule is NCCc1ccc(CN2CC3(CCC3)C2)cc1. The molecule has 2 N–H and O–H groups in total. The first kappa shape index (κ1) is 11.2. The van der Waals surface area contributed by atoms with Crippen LogP contribution in [0.1, 0.15) is 30.4 Å². The van der Waals surface area contributed by atoms with Crippen molar-refractivity contribution >= 4 is 0 Å². The van der Waals surface area contributed by atoms with Crippen LogP contribution in [0.5, 0.6) is 0 Å². The Morgan fingerprint density at radius 3 is 2.24 bits per heavy atom. The first-order chi connectivity index (χ1) is 8.30. The molecule has 1 saturated carbocycles. The largest absolute Gasteiger partial charge is 0.330 e. The predicted octanol–water partition coefficient (Wildman–Crippen LogP) is 2.17. The molecule has 1 aromatic carbocycles. The van der Waals surface area contributed by atoms with Crippen LogP contribution in [0.3, 0.4) is 0 Å². The molecule has 2 nitrogen and oxygen atoms in total. The van der Waals surface area contributed by atoms with E-state index in [1.807, 2.05) is 0 Å². The van der Waals surface area contributed by atoms with Crippen molar-refractivity contribution in [3.63, 3.8) is 0 Å². The van der Waals surface area contributed by atoms with Gasteiger partial charge < -0.3 is 5.73 Å². The molecule has 17 heavy (non-hydrogen) atoms. The second-order valence-corrected chi connectivity index (χ2v) is 5.85. The van der Waals surface area contributed by atoms with E-state index in [9.17, 15) is 0 Å². The first-order valence-electron chi connectivity index (χ1n) is 6.80. The van der Waals surface area contributed by atoms with E-state index in [1.54, 1.807) is 0 Å². The molecule has 0 amide bonds. The Morgan fingerprint density at radius 2 is 1.71 bits per heavy atom. The summed E-state index contributed by atoms with van der Waals surface area (Å²) in [5, 5.41) is 0. The molecule has 92 valence electrons. The van der Waals surface area contributed by atoms with Crippen LogP contribution in [0.2, 0.25) is 0 Å². The zero-order valence-electron chi connectivity index (χ0n) is 10.5. The van der Waals surface area contributed by atoms with E-state index in [4.69, 9.17) is 5.73 Å². The Hall–Kier alpha value is -0.860. The average Bonchev–Trinajstić information content (AvgIpc) is 2.23. The van der Waals surface area contributed by atoms with Crippen LogP contribution < -0.4 is 5.73 Å². The lowest BCUT2D eigenvalue weighted by Crippen LogP contribution is -2.58. The summed E-state index contributed by atoms with van der Waals surface area (Å²) in [5.74, 6) is 0. The third-order valence-electron chi connectivity index (χ3n) is 4.39. The topological polar surface area (TPSA) is 29.3 Å². The Kier molecular flexibility index (Phi) is 2.93. The molecule has 3 rings (SSSR count). The molecule has 0 unspecified atom stereocenters. The highest BCUT2D eigenvalue weighted by Crippen LogP contribution is 2.48. The van der Waals surface area contributed by atoms with Gasteiger partial charge in [-0.2, -0.15) is 0 Å². The maximum atomic E-state index is 5.55. The number of rotatable bonds is 4. The zero-order valence-corrected chi connectivity index (χ0v) is 10.5. The van der Waals surface area contributed by atoms with E-state index in [1.165, 1.54) is 43.5 Å². The minimum absolute atomic E-state index is 0.744. The van der Waals surface area contributed by atoms with Crippen molar-refractivity contribution in [1.82, 2.24) is 4.90 Å². The highest BCUT2D eigenvalue weighted by atomic mass is 15.2. The fourth-order valence-corrected chi connectivity index (χ4v) is 3.24. The van der Waals surface area contributed by atoms with Gasteiger partial charge in [0, 0.05) is 19.6 Å². The lowest BCUT2D eigenvalue weighted by Gasteiger charge is -2.56. The van der Waals surface area contributed by atoms with Gasteiger partial charge in [0.25, 0.3) is 0 Å². The van der Waals surface area contributed by atoms with Crippen molar-refractivity contribution in [2.45, 2.75) is 32.2 Å². The Bertz CT molecular complexity index is 370. The summed E-state index contributed by atoms with van der Waals surface area (Å²) in [5.41, 5.74) is 9.10. The Balaban J connectivity index is 1.52. The van der Waals surface area contributed by atoms with Crippen LogP contribution in [0, 0.1) is 5.41 Å². The molecular weight excluding hydrogens is 208 g/mol. The molecule has 2 fully saturated rings. The number of hydrogen-bond donors (Lipinski definition) is 1. The summed E-state index contributed by atoms with van der Waals surface area (Å²) in [6.45, 7) is 4.54. The minimum Gasteiger partial charge on any atom is -0.330 e. The summed E-state index contributed by atoms with van der Waals surface area (Å²) >= 11 is 0. The fourth-order valence-electron chi connectivity index (χ4n) is 3.24. The summed E-state index contributed by atoms with van der Waals surface area (Å²) < 4.78 is 0. The highest BCUT2D eigenvalue weighted by molar-refractivity contribution is 5.23. The van der Waals surface area contributed by atoms with Crippen molar-refractivity contribution in [2.75, 3.05) is 19.6 Å². The Labute approximate surface area is 104 Å². The highest BCUT2D eigenvalue weighted by Gasteiger charge is 2.46. The first-order valence-corrected chi connectivity index (χ1v) is 6.80. The van der Waals surface area contributed by atoms with Crippen molar-refractivity contribution in [1.29, 1.82) is 0 Å². The van der Waals surface area contributed by atoms with E-state index in [-0.39, 0.29) is 0 Å². The number of benzene rings is 1. The summed E-state index contributed by atoms with van der Waals surface area (Å²) in [4.78, 5) is 2.58. The second-order valence-electron chi connectivity index (χ2n) is 5.85. The maximum absolute atomic E-state index is 5.55. The van der Waals surface area contributed by atoms with Crippen molar-refractivity contribution in [2.24, 2.45) is 11.1 Å². The van der Waals surface area contributed by atoms with Gasteiger partial charge in [-0.15, -0.1) is 0 Å². The van der Waals surface area contributed by atoms with Crippen LogP contribution in [0.15, 0.2) is 24.3 Å². The molecule has 1 aromatic rings. The molecule has 0 radical (unpaired) electrons.